The number of hydrogen-bond acceptors (Lipinski definition) is 5. The van der Waals surface area contributed by atoms with Crippen molar-refractivity contribution in [2.24, 2.45) is 5.73 Å². The van der Waals surface area contributed by atoms with Crippen LogP contribution < -0.4 is 11.1 Å². The van der Waals surface area contributed by atoms with Crippen molar-refractivity contribution in [2.45, 2.75) is 64.3 Å². The smallest absolute Gasteiger partial charge is 0.252 e. The van der Waals surface area contributed by atoms with Crippen molar-refractivity contribution in [3.05, 3.63) is 132 Å². The first-order valence-corrected chi connectivity index (χ1v) is 14.8. The van der Waals surface area contributed by atoms with Crippen LogP contribution in [0.2, 0.25) is 0 Å². The molecule has 1 atom stereocenters. The van der Waals surface area contributed by atoms with E-state index in [0.29, 0.717) is 18.7 Å². The van der Waals surface area contributed by atoms with Crippen molar-refractivity contribution in [1.29, 1.82) is 0 Å². The van der Waals surface area contributed by atoms with Crippen LogP contribution in [-0.4, -0.2) is 25.8 Å². The molecule has 1 amide bonds. The van der Waals surface area contributed by atoms with Gasteiger partial charge in [0.05, 0.1) is 12.1 Å². The average molecular weight is 561 g/mol. The second kappa shape index (κ2) is 13.6. The summed E-state index contributed by atoms with van der Waals surface area (Å²) in [6.45, 7) is 5.39. The van der Waals surface area contributed by atoms with Gasteiger partial charge in [-0.05, 0) is 53.8 Å². The van der Waals surface area contributed by atoms with Gasteiger partial charge in [0.25, 0.3) is 5.91 Å². The molecule has 5 rings (SSSR count). The standard InChI is InChI=1S/C35H40N6O/c1-3-18-35(36,19-4-2)30-16-14-27(15-17-30)33(40-34(42)28-10-6-5-7-11-28)41(25-32-37-20-21-38-32)24-26-22-29-12-8-9-13-31(29)39-23-26/h5-17,20-23,33H,3-4,18-19,24-25,36H2,1-2H3,(H,37,38)(H,40,42). The van der Waals surface area contributed by atoms with Gasteiger partial charge in [0.1, 0.15) is 12.0 Å². The third kappa shape index (κ3) is 6.93. The molecule has 2 aromatic heterocycles. The van der Waals surface area contributed by atoms with Crippen LogP contribution in [0.15, 0.2) is 104 Å². The first-order chi connectivity index (χ1) is 20.5. The van der Waals surface area contributed by atoms with Crippen molar-refractivity contribution < 1.29 is 4.79 Å². The van der Waals surface area contributed by atoms with Crippen LogP contribution in [0.4, 0.5) is 0 Å². The Hall–Kier alpha value is -4.33. The van der Waals surface area contributed by atoms with E-state index in [-0.39, 0.29) is 11.4 Å². The molecular weight excluding hydrogens is 520 g/mol. The number of benzene rings is 3. The summed E-state index contributed by atoms with van der Waals surface area (Å²) in [6, 6.07) is 28.1. The summed E-state index contributed by atoms with van der Waals surface area (Å²) in [5, 5.41) is 4.40. The van der Waals surface area contributed by atoms with Crippen LogP contribution in [0.25, 0.3) is 10.9 Å². The van der Waals surface area contributed by atoms with E-state index in [1.165, 1.54) is 0 Å². The van der Waals surface area contributed by atoms with Crippen LogP contribution in [0.1, 0.15) is 78.6 Å². The predicted molar refractivity (Wildman–Crippen MR) is 168 cm³/mol. The first-order valence-electron chi connectivity index (χ1n) is 14.8. The number of carbonyl (C=O) groups is 1. The quantitative estimate of drug-likeness (QED) is 0.137. The lowest BCUT2D eigenvalue weighted by atomic mass is 9.82. The summed E-state index contributed by atoms with van der Waals surface area (Å²) in [7, 11) is 0. The zero-order valence-electron chi connectivity index (χ0n) is 24.5. The molecule has 7 nitrogen and oxygen atoms in total. The van der Waals surface area contributed by atoms with Crippen molar-refractivity contribution in [2.75, 3.05) is 0 Å². The van der Waals surface area contributed by atoms with E-state index in [0.717, 1.165) is 59.1 Å². The number of nitrogens with one attached hydrogen (secondary N) is 2. The Bertz CT molecular complexity index is 1560. The number of pyridine rings is 1. The van der Waals surface area contributed by atoms with Crippen LogP contribution in [-0.2, 0) is 18.6 Å². The number of aromatic amines is 1. The molecule has 0 fully saturated rings. The monoisotopic (exact) mass is 560 g/mol. The van der Waals surface area contributed by atoms with Gasteiger partial charge in [-0.15, -0.1) is 0 Å². The molecule has 0 aliphatic rings. The van der Waals surface area contributed by atoms with Gasteiger partial charge in [-0.3, -0.25) is 14.7 Å². The summed E-state index contributed by atoms with van der Waals surface area (Å²) in [6.07, 6.45) is 8.93. The number of imidazole rings is 1. The van der Waals surface area contributed by atoms with Crippen molar-refractivity contribution in [3.63, 3.8) is 0 Å². The van der Waals surface area contributed by atoms with Gasteiger partial charge in [0, 0.05) is 41.6 Å². The van der Waals surface area contributed by atoms with E-state index in [2.05, 4.69) is 70.4 Å². The SMILES string of the molecule is CCCC(N)(CCC)c1ccc(C(NC(=O)c2ccccc2)N(Cc2cnc3ccccc3c2)Cc2ncc[nH]2)cc1. The van der Waals surface area contributed by atoms with Gasteiger partial charge in [-0.2, -0.15) is 0 Å². The van der Waals surface area contributed by atoms with Gasteiger partial charge >= 0.3 is 0 Å². The Balaban J connectivity index is 1.53. The lowest BCUT2D eigenvalue weighted by molar-refractivity contribution is 0.0816. The Morgan fingerprint density at radius 2 is 1.64 bits per heavy atom. The van der Waals surface area contributed by atoms with Crippen LogP contribution >= 0.6 is 0 Å². The number of fused-ring (bicyclic) bond motifs is 1. The zero-order valence-corrected chi connectivity index (χ0v) is 24.5. The topological polar surface area (TPSA) is 99.9 Å². The molecule has 5 aromatic rings. The highest BCUT2D eigenvalue weighted by molar-refractivity contribution is 5.94. The second-order valence-corrected chi connectivity index (χ2v) is 11.0. The summed E-state index contributed by atoms with van der Waals surface area (Å²) in [4.78, 5) is 28.2. The highest BCUT2D eigenvalue weighted by atomic mass is 16.1. The fourth-order valence-electron chi connectivity index (χ4n) is 5.74. The number of H-pyrrole nitrogens is 1. The highest BCUT2D eigenvalue weighted by Crippen LogP contribution is 2.31. The number of nitrogens with zero attached hydrogens (tertiary/aromatic N) is 3. The molecule has 0 aliphatic heterocycles. The minimum absolute atomic E-state index is 0.143. The Labute approximate surface area is 248 Å². The van der Waals surface area contributed by atoms with Crippen LogP contribution in [0.5, 0.6) is 0 Å². The number of nitrogens with two attached hydrogens (primary N) is 1. The van der Waals surface area contributed by atoms with Gasteiger partial charge in [-0.1, -0.05) is 87.4 Å². The molecule has 1 unspecified atom stereocenters. The number of amides is 1. The highest BCUT2D eigenvalue weighted by Gasteiger charge is 2.28. The maximum absolute atomic E-state index is 13.6. The van der Waals surface area contributed by atoms with E-state index < -0.39 is 6.17 Å². The summed E-state index contributed by atoms with van der Waals surface area (Å²) in [5.41, 5.74) is 11.3. The largest absolute Gasteiger partial charge is 0.348 e. The lowest BCUT2D eigenvalue weighted by Crippen LogP contribution is -2.41. The van der Waals surface area contributed by atoms with Crippen LogP contribution in [0, 0.1) is 0 Å². The van der Waals surface area contributed by atoms with Gasteiger partial charge in [0.15, 0.2) is 0 Å². The summed E-state index contributed by atoms with van der Waals surface area (Å²) in [5.74, 6) is 0.669. The van der Waals surface area contributed by atoms with Crippen molar-refractivity contribution in [3.8, 4) is 0 Å². The van der Waals surface area contributed by atoms with Gasteiger partial charge < -0.3 is 16.0 Å². The molecule has 0 saturated heterocycles. The second-order valence-electron chi connectivity index (χ2n) is 11.0. The molecule has 0 spiro atoms. The fraction of sp³-hybridized carbons (Fsp3) is 0.286. The van der Waals surface area contributed by atoms with E-state index in [1.807, 2.05) is 60.9 Å². The molecule has 3 aromatic carbocycles. The van der Waals surface area contributed by atoms with E-state index in [4.69, 9.17) is 10.7 Å². The molecule has 4 N–H and O–H groups in total. The molecular formula is C35H40N6O. The maximum atomic E-state index is 13.6. The Kier molecular flexibility index (Phi) is 9.41. The molecule has 2 heterocycles. The van der Waals surface area contributed by atoms with Crippen molar-refractivity contribution in [1.82, 2.24) is 25.2 Å². The molecule has 0 saturated carbocycles. The lowest BCUT2D eigenvalue weighted by Gasteiger charge is -2.33. The predicted octanol–water partition coefficient (Wildman–Crippen LogP) is 6.84. The van der Waals surface area contributed by atoms with Crippen molar-refractivity contribution >= 4 is 16.8 Å². The first kappa shape index (κ1) is 29.2. The summed E-state index contributed by atoms with van der Waals surface area (Å²) >= 11 is 0. The van der Waals surface area contributed by atoms with Gasteiger partial charge in [-0.25, -0.2) is 4.98 Å². The molecule has 7 heteroatoms. The van der Waals surface area contributed by atoms with E-state index >= 15 is 0 Å². The molecule has 0 aliphatic carbocycles. The molecule has 0 bridgehead atoms. The Morgan fingerprint density at radius 3 is 2.33 bits per heavy atom. The minimum atomic E-state index is -0.437. The molecule has 42 heavy (non-hydrogen) atoms. The third-order valence-corrected chi connectivity index (χ3v) is 7.80. The number of hydrogen-bond donors (Lipinski definition) is 3. The fourth-order valence-corrected chi connectivity index (χ4v) is 5.74. The van der Waals surface area contributed by atoms with Crippen LogP contribution in [0.3, 0.4) is 0 Å². The number of para-hydroxylation sites is 1. The maximum Gasteiger partial charge on any atom is 0.252 e. The van der Waals surface area contributed by atoms with E-state index in [9.17, 15) is 4.79 Å². The minimum Gasteiger partial charge on any atom is -0.348 e. The third-order valence-electron chi connectivity index (χ3n) is 7.80. The zero-order chi connectivity index (χ0) is 29.4. The Morgan fingerprint density at radius 1 is 0.929 bits per heavy atom. The molecule has 216 valence electrons. The number of carbonyl (C=O) groups excluding carboxylic acids is 1. The number of rotatable bonds is 13. The number of aromatic nitrogens is 3. The summed E-state index contributed by atoms with van der Waals surface area (Å²) < 4.78 is 0. The van der Waals surface area contributed by atoms with E-state index in [1.54, 1.807) is 6.20 Å². The molecule has 0 radical (unpaired) electrons. The average Bonchev–Trinajstić information content (AvgIpc) is 3.53. The van der Waals surface area contributed by atoms with Gasteiger partial charge in [0.2, 0.25) is 0 Å². The normalized spacial score (nSPS) is 12.5.